The molecule has 7 nitrogen and oxygen atoms in total. The van der Waals surface area contributed by atoms with Gasteiger partial charge in [0.25, 0.3) is 10.1 Å². The fraction of sp³-hybridized carbons (Fsp3) is 0.0714. The minimum atomic E-state index is -4.22. The Hall–Kier alpha value is -2.29. The van der Waals surface area contributed by atoms with Crippen LogP contribution < -0.4 is 5.32 Å². The number of carbonyl (C=O) groups excluding carboxylic acids is 1. The number of rotatable bonds is 5. The lowest BCUT2D eigenvalue weighted by Crippen LogP contribution is -2.12. The van der Waals surface area contributed by atoms with E-state index in [4.69, 9.17) is 16.2 Å². The number of amides is 1. The zero-order valence-electron chi connectivity index (χ0n) is 11.7. The molecule has 2 N–H and O–H groups in total. The second-order valence-corrected chi connectivity index (χ2v) is 6.09. The molecular formula is C14H12ClN3O4S. The van der Waals surface area contributed by atoms with Crippen LogP contribution in [0.1, 0.15) is 0 Å². The number of nitrogens with zero attached hydrogens (tertiary/aromatic N) is 2. The number of halogens is 1. The third-order valence-electron chi connectivity index (χ3n) is 2.69. The molecule has 120 valence electrons. The summed E-state index contributed by atoms with van der Waals surface area (Å²) < 4.78 is 30.7. The zero-order chi connectivity index (χ0) is 16.9. The molecule has 0 aliphatic rings. The topological polar surface area (TPSA) is 108 Å². The third-order valence-corrected chi connectivity index (χ3v) is 3.80. The first kappa shape index (κ1) is 17.1. The van der Waals surface area contributed by atoms with Crippen LogP contribution in [-0.4, -0.2) is 24.8 Å². The minimum absolute atomic E-state index is 0.124. The maximum atomic E-state index is 11.1. The summed E-state index contributed by atoms with van der Waals surface area (Å²) in [6.07, 6.45) is 0. The van der Waals surface area contributed by atoms with Gasteiger partial charge in [0.15, 0.2) is 0 Å². The van der Waals surface area contributed by atoms with Crippen LogP contribution in [0.2, 0.25) is 0 Å². The van der Waals surface area contributed by atoms with Gasteiger partial charge in [-0.15, -0.1) is 11.6 Å². The van der Waals surface area contributed by atoms with E-state index in [-0.39, 0.29) is 16.7 Å². The normalized spacial score (nSPS) is 11.6. The largest absolute Gasteiger partial charge is 0.325 e. The van der Waals surface area contributed by atoms with Crippen molar-refractivity contribution in [2.45, 2.75) is 4.90 Å². The maximum Gasteiger partial charge on any atom is 0.294 e. The highest BCUT2D eigenvalue weighted by Crippen LogP contribution is 2.21. The van der Waals surface area contributed by atoms with Gasteiger partial charge in [0.1, 0.15) is 5.88 Å². The first-order chi connectivity index (χ1) is 10.9. The molecule has 0 bridgehead atoms. The SMILES string of the molecule is O=C(CCl)Nc1ccc(N=Nc2ccc(S(=O)(=O)O)cc2)cc1. The molecule has 0 aliphatic carbocycles. The number of nitrogens with one attached hydrogen (secondary N) is 1. The molecule has 0 aliphatic heterocycles. The van der Waals surface area contributed by atoms with Crippen LogP contribution in [0.5, 0.6) is 0 Å². The predicted octanol–water partition coefficient (Wildman–Crippen LogP) is 3.53. The zero-order valence-corrected chi connectivity index (χ0v) is 13.3. The van der Waals surface area contributed by atoms with Crippen molar-refractivity contribution in [1.29, 1.82) is 0 Å². The summed E-state index contributed by atoms with van der Waals surface area (Å²) in [6, 6.07) is 11.9. The summed E-state index contributed by atoms with van der Waals surface area (Å²) >= 11 is 5.39. The molecule has 0 saturated carbocycles. The van der Waals surface area contributed by atoms with E-state index in [1.807, 2.05) is 0 Å². The van der Waals surface area contributed by atoms with Gasteiger partial charge in [-0.2, -0.15) is 18.6 Å². The Kier molecular flexibility index (Phi) is 5.43. The molecule has 0 unspecified atom stereocenters. The molecule has 0 spiro atoms. The number of anilines is 1. The van der Waals surface area contributed by atoms with E-state index in [1.165, 1.54) is 24.3 Å². The van der Waals surface area contributed by atoms with Crippen molar-refractivity contribution in [2.24, 2.45) is 10.2 Å². The van der Waals surface area contributed by atoms with Crippen molar-refractivity contribution in [3.05, 3.63) is 48.5 Å². The van der Waals surface area contributed by atoms with Crippen molar-refractivity contribution < 1.29 is 17.8 Å². The Labute approximate surface area is 137 Å². The highest BCUT2D eigenvalue weighted by molar-refractivity contribution is 7.85. The number of hydrogen-bond acceptors (Lipinski definition) is 5. The van der Waals surface area contributed by atoms with Crippen LogP contribution in [0, 0.1) is 0 Å². The number of azo groups is 1. The molecule has 0 saturated heterocycles. The highest BCUT2D eigenvalue weighted by atomic mass is 35.5. The van der Waals surface area contributed by atoms with Crippen molar-refractivity contribution in [1.82, 2.24) is 0 Å². The van der Waals surface area contributed by atoms with Gasteiger partial charge in [0.2, 0.25) is 5.91 Å². The first-order valence-corrected chi connectivity index (χ1v) is 8.31. The summed E-state index contributed by atoms with van der Waals surface area (Å²) in [5, 5.41) is 10.5. The molecule has 0 radical (unpaired) electrons. The van der Waals surface area contributed by atoms with Gasteiger partial charge in [0.05, 0.1) is 16.3 Å². The summed E-state index contributed by atoms with van der Waals surface area (Å²) in [4.78, 5) is 10.9. The van der Waals surface area contributed by atoms with Crippen LogP contribution in [0.25, 0.3) is 0 Å². The van der Waals surface area contributed by atoms with Crippen molar-refractivity contribution in [2.75, 3.05) is 11.2 Å². The molecule has 0 aromatic heterocycles. The third kappa shape index (κ3) is 5.13. The molecule has 0 heterocycles. The van der Waals surface area contributed by atoms with E-state index in [0.717, 1.165) is 0 Å². The quantitative estimate of drug-likeness (QED) is 0.487. The van der Waals surface area contributed by atoms with Gasteiger partial charge >= 0.3 is 0 Å². The lowest BCUT2D eigenvalue weighted by atomic mass is 10.3. The Bertz CT molecular complexity index is 818. The maximum absolute atomic E-state index is 11.1. The highest BCUT2D eigenvalue weighted by Gasteiger charge is 2.08. The average Bonchev–Trinajstić information content (AvgIpc) is 2.53. The molecule has 9 heteroatoms. The van der Waals surface area contributed by atoms with Gasteiger partial charge in [-0.1, -0.05) is 0 Å². The summed E-state index contributed by atoms with van der Waals surface area (Å²) in [6.45, 7) is 0. The Balaban J connectivity index is 2.06. The van der Waals surface area contributed by atoms with Crippen LogP contribution in [-0.2, 0) is 14.9 Å². The molecular weight excluding hydrogens is 342 g/mol. The fourth-order valence-electron chi connectivity index (χ4n) is 1.61. The number of hydrogen-bond donors (Lipinski definition) is 2. The Morgan fingerprint density at radius 2 is 1.48 bits per heavy atom. The molecule has 23 heavy (non-hydrogen) atoms. The van der Waals surface area contributed by atoms with E-state index >= 15 is 0 Å². The van der Waals surface area contributed by atoms with E-state index < -0.39 is 10.1 Å². The van der Waals surface area contributed by atoms with Gasteiger partial charge in [-0.25, -0.2) is 0 Å². The van der Waals surface area contributed by atoms with Crippen molar-refractivity contribution >= 4 is 44.7 Å². The van der Waals surface area contributed by atoms with Gasteiger partial charge in [-0.3, -0.25) is 9.35 Å². The van der Waals surface area contributed by atoms with Crippen molar-refractivity contribution in [3.63, 3.8) is 0 Å². The van der Waals surface area contributed by atoms with Gasteiger partial charge in [-0.05, 0) is 48.5 Å². The Morgan fingerprint density at radius 3 is 1.91 bits per heavy atom. The fourth-order valence-corrected chi connectivity index (χ4v) is 2.15. The van der Waals surface area contributed by atoms with Crippen molar-refractivity contribution in [3.8, 4) is 0 Å². The number of carbonyl (C=O) groups is 1. The standard InChI is InChI=1S/C14H12ClN3O4S/c15-9-14(19)16-10-1-3-11(4-2-10)17-18-12-5-7-13(8-6-12)23(20,21)22/h1-8H,9H2,(H,16,19)(H,20,21,22). The van der Waals surface area contributed by atoms with Crippen LogP contribution >= 0.6 is 11.6 Å². The van der Waals surface area contributed by atoms with E-state index in [1.54, 1.807) is 24.3 Å². The first-order valence-electron chi connectivity index (χ1n) is 6.33. The predicted molar refractivity (Wildman–Crippen MR) is 86.2 cm³/mol. The lowest BCUT2D eigenvalue weighted by molar-refractivity contribution is -0.113. The smallest absolute Gasteiger partial charge is 0.294 e. The number of benzene rings is 2. The molecule has 2 aromatic rings. The van der Waals surface area contributed by atoms with Gasteiger partial charge < -0.3 is 5.32 Å². The van der Waals surface area contributed by atoms with Crippen LogP contribution in [0.3, 0.4) is 0 Å². The van der Waals surface area contributed by atoms with Crippen LogP contribution in [0.4, 0.5) is 17.1 Å². The van der Waals surface area contributed by atoms with E-state index in [0.29, 0.717) is 17.1 Å². The molecule has 0 atom stereocenters. The van der Waals surface area contributed by atoms with Crippen LogP contribution in [0.15, 0.2) is 63.7 Å². The second-order valence-electron chi connectivity index (χ2n) is 4.40. The lowest BCUT2D eigenvalue weighted by Gasteiger charge is -2.02. The monoisotopic (exact) mass is 353 g/mol. The van der Waals surface area contributed by atoms with Gasteiger partial charge in [0, 0.05) is 5.69 Å². The summed E-state index contributed by atoms with van der Waals surface area (Å²) in [5.41, 5.74) is 1.57. The molecule has 2 aromatic carbocycles. The average molecular weight is 354 g/mol. The summed E-state index contributed by atoms with van der Waals surface area (Å²) in [5.74, 6) is -0.430. The second kappa shape index (κ2) is 7.32. The molecule has 0 fully saturated rings. The number of alkyl halides is 1. The summed E-state index contributed by atoms with van der Waals surface area (Å²) in [7, 11) is -4.22. The van der Waals surface area contributed by atoms with E-state index in [2.05, 4.69) is 15.5 Å². The van der Waals surface area contributed by atoms with E-state index in [9.17, 15) is 13.2 Å². The Morgan fingerprint density at radius 1 is 1.00 bits per heavy atom. The minimum Gasteiger partial charge on any atom is -0.325 e. The molecule has 2 rings (SSSR count). The molecule has 1 amide bonds.